The van der Waals surface area contributed by atoms with Crippen LogP contribution in [0.1, 0.15) is 23.1 Å². The summed E-state index contributed by atoms with van der Waals surface area (Å²) in [6.45, 7) is 4.43. The molecule has 1 amide bonds. The van der Waals surface area contributed by atoms with E-state index in [1.165, 1.54) is 0 Å². The molecule has 0 aliphatic rings. The van der Waals surface area contributed by atoms with Crippen molar-refractivity contribution in [3.8, 4) is 11.5 Å². The lowest BCUT2D eigenvalue weighted by Gasteiger charge is -2.19. The monoisotopic (exact) mass is 288 g/mol. The average molecular weight is 288 g/mol. The topological polar surface area (TPSA) is 71.3 Å². The van der Waals surface area contributed by atoms with Crippen LogP contribution in [0.25, 0.3) is 11.5 Å². The number of benzene rings is 1. The molecule has 2 rings (SSSR count). The van der Waals surface area contributed by atoms with Crippen molar-refractivity contribution in [2.24, 2.45) is 0 Å². The summed E-state index contributed by atoms with van der Waals surface area (Å²) in [5.74, 6) is 0.960. The van der Waals surface area contributed by atoms with E-state index < -0.39 is 0 Å². The van der Waals surface area contributed by atoms with Crippen LogP contribution < -0.4 is 5.32 Å². The third kappa shape index (κ3) is 3.88. The summed E-state index contributed by atoms with van der Waals surface area (Å²) in [6.07, 6.45) is 0. The molecule has 1 atom stereocenters. The van der Waals surface area contributed by atoms with Crippen LogP contribution in [0.3, 0.4) is 0 Å². The van der Waals surface area contributed by atoms with Crippen molar-refractivity contribution in [1.82, 2.24) is 20.4 Å². The third-order valence-corrected chi connectivity index (χ3v) is 3.36. The van der Waals surface area contributed by atoms with Gasteiger partial charge in [-0.2, -0.15) is 4.98 Å². The fourth-order valence-electron chi connectivity index (χ4n) is 1.70. The number of carbonyl (C=O) groups excluding carboxylic acids is 1. The van der Waals surface area contributed by atoms with Crippen molar-refractivity contribution >= 4 is 5.91 Å². The lowest BCUT2D eigenvalue weighted by molar-refractivity contribution is 0.0943. The lowest BCUT2D eigenvalue weighted by atomic mass is 10.1. The second-order valence-electron chi connectivity index (χ2n) is 5.25. The van der Waals surface area contributed by atoms with Crippen LogP contribution in [0.4, 0.5) is 0 Å². The van der Waals surface area contributed by atoms with Crippen molar-refractivity contribution in [2.75, 3.05) is 20.6 Å². The zero-order chi connectivity index (χ0) is 15.4. The van der Waals surface area contributed by atoms with Gasteiger partial charge in [-0.05, 0) is 52.2 Å². The van der Waals surface area contributed by atoms with Crippen molar-refractivity contribution < 1.29 is 9.32 Å². The average Bonchev–Trinajstić information content (AvgIpc) is 2.91. The predicted octanol–water partition coefficient (Wildman–Crippen LogP) is 1.72. The standard InChI is InChI=1S/C15H20N4O2/c1-10(19(3)4)9-16-14(20)12-5-7-13(8-6-12)15-17-11(2)18-21-15/h5-8,10H,9H2,1-4H3,(H,16,20). The highest BCUT2D eigenvalue weighted by Gasteiger charge is 2.11. The molecule has 6 heteroatoms. The van der Waals surface area contributed by atoms with Crippen molar-refractivity contribution in [2.45, 2.75) is 19.9 Å². The Hall–Kier alpha value is -2.21. The summed E-state index contributed by atoms with van der Waals surface area (Å²) in [6, 6.07) is 7.40. The quantitative estimate of drug-likeness (QED) is 0.907. The van der Waals surface area contributed by atoms with Crippen molar-refractivity contribution in [1.29, 1.82) is 0 Å². The molecule has 0 fully saturated rings. The van der Waals surface area contributed by atoms with Crippen LogP contribution >= 0.6 is 0 Å². The van der Waals surface area contributed by atoms with Gasteiger partial charge in [-0.1, -0.05) is 5.16 Å². The van der Waals surface area contributed by atoms with E-state index in [2.05, 4.69) is 27.3 Å². The molecule has 0 saturated heterocycles. The first-order chi connectivity index (χ1) is 9.97. The Morgan fingerprint density at radius 2 is 2.00 bits per heavy atom. The number of nitrogens with one attached hydrogen (secondary N) is 1. The molecule has 0 saturated carbocycles. The van der Waals surface area contributed by atoms with E-state index in [-0.39, 0.29) is 11.9 Å². The number of hydrogen-bond acceptors (Lipinski definition) is 5. The number of hydrogen-bond donors (Lipinski definition) is 1. The van der Waals surface area contributed by atoms with E-state index in [0.29, 0.717) is 23.8 Å². The molecule has 0 aliphatic carbocycles. The Kier molecular flexibility index (Phi) is 4.70. The molecular formula is C15H20N4O2. The van der Waals surface area contributed by atoms with E-state index in [1.54, 1.807) is 31.2 Å². The first-order valence-electron chi connectivity index (χ1n) is 6.82. The van der Waals surface area contributed by atoms with Crippen LogP contribution in [0, 0.1) is 6.92 Å². The van der Waals surface area contributed by atoms with Crippen LogP contribution in [-0.2, 0) is 0 Å². The molecule has 1 N–H and O–H groups in total. The minimum atomic E-state index is -0.0861. The Balaban J connectivity index is 2.00. The van der Waals surface area contributed by atoms with Crippen LogP contribution in [0.2, 0.25) is 0 Å². The van der Waals surface area contributed by atoms with E-state index in [9.17, 15) is 4.79 Å². The Morgan fingerprint density at radius 3 is 2.52 bits per heavy atom. The van der Waals surface area contributed by atoms with Gasteiger partial charge in [-0.3, -0.25) is 4.79 Å². The molecular weight excluding hydrogens is 268 g/mol. The SMILES string of the molecule is Cc1noc(-c2ccc(C(=O)NCC(C)N(C)C)cc2)n1. The molecule has 0 radical (unpaired) electrons. The van der Waals surface area contributed by atoms with Crippen LogP contribution in [0.5, 0.6) is 0 Å². The molecule has 0 bridgehead atoms. The highest BCUT2D eigenvalue weighted by Crippen LogP contribution is 2.17. The molecule has 0 spiro atoms. The second kappa shape index (κ2) is 6.49. The number of carbonyl (C=O) groups is 1. The zero-order valence-electron chi connectivity index (χ0n) is 12.8. The number of aromatic nitrogens is 2. The number of rotatable bonds is 5. The lowest BCUT2D eigenvalue weighted by Crippen LogP contribution is -2.38. The molecule has 1 aromatic heterocycles. The summed E-state index contributed by atoms with van der Waals surface area (Å²) >= 11 is 0. The smallest absolute Gasteiger partial charge is 0.257 e. The maximum atomic E-state index is 12.0. The van der Waals surface area contributed by atoms with Gasteiger partial charge in [0.2, 0.25) is 0 Å². The van der Waals surface area contributed by atoms with Crippen LogP contribution in [-0.4, -0.2) is 47.6 Å². The van der Waals surface area contributed by atoms with E-state index in [1.807, 2.05) is 14.1 Å². The third-order valence-electron chi connectivity index (χ3n) is 3.36. The molecule has 21 heavy (non-hydrogen) atoms. The van der Waals surface area contributed by atoms with Gasteiger partial charge >= 0.3 is 0 Å². The summed E-state index contributed by atoms with van der Waals surface area (Å²) in [4.78, 5) is 18.2. The Labute approximate surface area is 124 Å². The van der Waals surface area contributed by atoms with Gasteiger partial charge in [0.1, 0.15) is 0 Å². The zero-order valence-corrected chi connectivity index (χ0v) is 12.8. The first kappa shape index (κ1) is 15.2. The van der Waals surface area contributed by atoms with Crippen LogP contribution in [0.15, 0.2) is 28.8 Å². The summed E-state index contributed by atoms with van der Waals surface area (Å²) < 4.78 is 5.09. The highest BCUT2D eigenvalue weighted by atomic mass is 16.5. The number of nitrogens with zero attached hydrogens (tertiary/aromatic N) is 3. The molecule has 6 nitrogen and oxygen atoms in total. The molecule has 112 valence electrons. The van der Waals surface area contributed by atoms with Gasteiger partial charge in [0.15, 0.2) is 5.82 Å². The Bertz CT molecular complexity index is 604. The fraction of sp³-hybridized carbons (Fsp3) is 0.400. The predicted molar refractivity (Wildman–Crippen MR) is 80.0 cm³/mol. The first-order valence-corrected chi connectivity index (χ1v) is 6.82. The molecule has 2 aromatic rings. The van der Waals surface area contributed by atoms with Crippen molar-refractivity contribution in [3.05, 3.63) is 35.7 Å². The van der Waals surface area contributed by atoms with Gasteiger partial charge in [0.05, 0.1) is 0 Å². The number of likely N-dealkylation sites (N-methyl/N-ethyl adjacent to an activating group) is 1. The fourth-order valence-corrected chi connectivity index (χ4v) is 1.70. The molecule has 0 aliphatic heterocycles. The van der Waals surface area contributed by atoms with Gasteiger partial charge in [0.25, 0.3) is 11.8 Å². The number of amides is 1. The van der Waals surface area contributed by atoms with Gasteiger partial charge < -0.3 is 14.7 Å². The minimum Gasteiger partial charge on any atom is -0.350 e. The summed E-state index contributed by atoms with van der Waals surface area (Å²) in [5, 5.41) is 6.66. The van der Waals surface area contributed by atoms with Crippen molar-refractivity contribution in [3.63, 3.8) is 0 Å². The Morgan fingerprint density at radius 1 is 1.33 bits per heavy atom. The van der Waals surface area contributed by atoms with E-state index in [4.69, 9.17) is 4.52 Å². The van der Waals surface area contributed by atoms with Gasteiger partial charge in [-0.15, -0.1) is 0 Å². The normalized spacial score (nSPS) is 12.4. The maximum absolute atomic E-state index is 12.0. The summed E-state index contributed by atoms with van der Waals surface area (Å²) in [7, 11) is 3.97. The van der Waals surface area contributed by atoms with Gasteiger partial charge in [-0.25, -0.2) is 0 Å². The molecule has 1 heterocycles. The number of aryl methyl sites for hydroxylation is 1. The minimum absolute atomic E-state index is 0.0861. The van der Waals surface area contributed by atoms with Gasteiger partial charge in [0, 0.05) is 23.7 Å². The molecule has 1 unspecified atom stereocenters. The largest absolute Gasteiger partial charge is 0.350 e. The summed E-state index contributed by atoms with van der Waals surface area (Å²) in [5.41, 5.74) is 1.41. The van der Waals surface area contributed by atoms with E-state index in [0.717, 1.165) is 5.56 Å². The maximum Gasteiger partial charge on any atom is 0.257 e. The highest BCUT2D eigenvalue weighted by molar-refractivity contribution is 5.94. The second-order valence-corrected chi connectivity index (χ2v) is 5.25. The van der Waals surface area contributed by atoms with E-state index >= 15 is 0 Å². The molecule has 1 aromatic carbocycles.